The molecule has 21 heteroatoms. The van der Waals surface area contributed by atoms with E-state index < -0.39 is 89.0 Å². The van der Waals surface area contributed by atoms with E-state index in [1.165, 1.54) is 0 Å². The van der Waals surface area contributed by atoms with Crippen LogP contribution >= 0.6 is 0 Å². The third-order valence-electron chi connectivity index (χ3n) is 4.31. The van der Waals surface area contributed by atoms with E-state index in [9.17, 15) is 92.2 Å². The fourth-order valence-electron chi connectivity index (χ4n) is 2.44. The van der Waals surface area contributed by atoms with Crippen LogP contribution in [0.25, 0.3) is 0 Å². The predicted molar refractivity (Wildman–Crippen MR) is 71.1 cm³/mol. The van der Waals surface area contributed by atoms with Crippen molar-refractivity contribution in [3.05, 3.63) is 34.9 Å². The molecule has 1 rings (SSSR count). The van der Waals surface area contributed by atoms with E-state index in [1.54, 1.807) is 0 Å². The molecular weight excluding hydrogens is 579 g/mol. The summed E-state index contributed by atoms with van der Waals surface area (Å²) in [7, 11) is 0. The summed E-state index contributed by atoms with van der Waals surface area (Å²) in [5.74, 6) is -46.4. The van der Waals surface area contributed by atoms with E-state index in [0.717, 1.165) is 0 Å². The zero-order valence-electron chi connectivity index (χ0n) is 15.7. The monoisotopic (exact) mass is 582 g/mol. The van der Waals surface area contributed by atoms with E-state index in [0.29, 0.717) is 0 Å². The summed E-state index contributed by atoms with van der Waals surface area (Å²) in [6.45, 7) is 0. The van der Waals surface area contributed by atoms with Crippen molar-refractivity contribution < 1.29 is 92.2 Å². The standard InChI is InChI=1S/C15H3F21/c16-7(17,10(22,23)13(28,29)30)4-2-1-3-5(8(18,19)11(24,25)14(31,32)33)6(4)9(20,21)12(26,27)15(34,35)36/h1-3H. The molecule has 0 saturated carbocycles. The number of hydrogen-bond acceptors (Lipinski definition) is 0. The molecular formula is C15H3F21. The molecule has 0 aliphatic rings. The van der Waals surface area contributed by atoms with E-state index in [-0.39, 0.29) is 0 Å². The van der Waals surface area contributed by atoms with Gasteiger partial charge in [-0.3, -0.25) is 0 Å². The third-order valence-corrected chi connectivity index (χ3v) is 4.31. The normalized spacial score (nSPS) is 15.9. The zero-order valence-corrected chi connectivity index (χ0v) is 15.7. The first kappa shape index (κ1) is 31.8. The van der Waals surface area contributed by atoms with Gasteiger partial charge >= 0.3 is 54.1 Å². The van der Waals surface area contributed by atoms with Gasteiger partial charge in [0.1, 0.15) is 0 Å². The predicted octanol–water partition coefficient (Wildman–Crippen LogP) is 8.55. The summed E-state index contributed by atoms with van der Waals surface area (Å²) in [5.41, 5.74) is -13.1. The van der Waals surface area contributed by atoms with Crippen LogP contribution in [0.1, 0.15) is 16.7 Å². The highest BCUT2D eigenvalue weighted by Crippen LogP contribution is 2.61. The van der Waals surface area contributed by atoms with Crippen LogP contribution in [0.5, 0.6) is 0 Å². The van der Waals surface area contributed by atoms with E-state index in [1.807, 2.05) is 0 Å². The average molecular weight is 582 g/mol. The van der Waals surface area contributed by atoms with Gasteiger partial charge in [-0.15, -0.1) is 0 Å². The SMILES string of the molecule is FC(F)(F)C(F)(F)C(F)(F)c1cccc(C(F)(F)C(F)(F)C(F)(F)F)c1C(F)(F)C(F)(F)C(F)(F)F. The average Bonchev–Trinajstić information content (AvgIpc) is 2.64. The molecule has 0 heterocycles. The van der Waals surface area contributed by atoms with Crippen molar-refractivity contribution in [3.8, 4) is 0 Å². The van der Waals surface area contributed by atoms with Crippen molar-refractivity contribution in [2.75, 3.05) is 0 Å². The van der Waals surface area contributed by atoms with Crippen molar-refractivity contribution in [1.82, 2.24) is 0 Å². The van der Waals surface area contributed by atoms with Gasteiger partial charge in [-0.25, -0.2) is 0 Å². The minimum atomic E-state index is -7.99. The lowest BCUT2D eigenvalue weighted by molar-refractivity contribution is -0.371. The minimum absolute atomic E-state index is 0.864. The Labute approximate surface area is 182 Å². The summed E-state index contributed by atoms with van der Waals surface area (Å²) in [6, 6.07) is -3.47. The van der Waals surface area contributed by atoms with Gasteiger partial charge < -0.3 is 0 Å². The molecule has 0 radical (unpaired) electrons. The first-order valence-electron chi connectivity index (χ1n) is 7.96. The van der Waals surface area contributed by atoms with Gasteiger partial charge in [0, 0.05) is 16.7 Å². The second kappa shape index (κ2) is 8.12. The highest BCUT2D eigenvalue weighted by atomic mass is 19.4. The lowest BCUT2D eigenvalue weighted by atomic mass is 9.83. The van der Waals surface area contributed by atoms with Crippen LogP contribution in [-0.2, 0) is 17.8 Å². The van der Waals surface area contributed by atoms with Crippen LogP contribution in [0.4, 0.5) is 92.2 Å². The lowest BCUT2D eigenvalue weighted by Crippen LogP contribution is -2.56. The first-order valence-corrected chi connectivity index (χ1v) is 7.96. The van der Waals surface area contributed by atoms with Gasteiger partial charge in [0.25, 0.3) is 0 Å². The minimum Gasteiger partial charge on any atom is -0.194 e. The van der Waals surface area contributed by atoms with Crippen LogP contribution in [0.2, 0.25) is 0 Å². The second-order valence-corrected chi connectivity index (χ2v) is 6.67. The van der Waals surface area contributed by atoms with E-state index >= 15 is 0 Å². The van der Waals surface area contributed by atoms with Crippen LogP contribution in [-0.4, -0.2) is 36.3 Å². The largest absolute Gasteiger partial charge is 0.460 e. The molecule has 0 saturated heterocycles. The quantitative estimate of drug-likeness (QED) is 0.295. The maximum atomic E-state index is 14.2. The fraction of sp³-hybridized carbons (Fsp3) is 0.600. The van der Waals surface area contributed by atoms with Gasteiger partial charge in [0.15, 0.2) is 0 Å². The Morgan fingerprint density at radius 2 is 0.556 bits per heavy atom. The molecule has 0 unspecified atom stereocenters. The van der Waals surface area contributed by atoms with Gasteiger partial charge in [-0.2, -0.15) is 92.2 Å². The van der Waals surface area contributed by atoms with Crippen LogP contribution in [0, 0.1) is 0 Å². The van der Waals surface area contributed by atoms with Gasteiger partial charge in [-0.1, -0.05) is 18.2 Å². The Morgan fingerprint density at radius 1 is 0.333 bits per heavy atom. The Balaban J connectivity index is 4.41. The zero-order chi connectivity index (χ0) is 29.4. The van der Waals surface area contributed by atoms with Crippen molar-refractivity contribution >= 4 is 0 Å². The lowest BCUT2D eigenvalue weighted by Gasteiger charge is -2.37. The molecule has 1 aromatic rings. The van der Waals surface area contributed by atoms with Crippen LogP contribution in [0.15, 0.2) is 18.2 Å². The summed E-state index contributed by atoms with van der Waals surface area (Å²) in [6.07, 6.45) is -22.9. The number of alkyl halides is 21. The summed E-state index contributed by atoms with van der Waals surface area (Å²) < 4.78 is 276. The molecule has 1 aromatic carbocycles. The summed E-state index contributed by atoms with van der Waals surface area (Å²) >= 11 is 0. The summed E-state index contributed by atoms with van der Waals surface area (Å²) in [4.78, 5) is 0. The fourth-order valence-corrected chi connectivity index (χ4v) is 2.44. The van der Waals surface area contributed by atoms with Crippen LogP contribution in [0.3, 0.4) is 0 Å². The van der Waals surface area contributed by atoms with Gasteiger partial charge in [-0.05, 0) is 0 Å². The molecule has 0 aromatic heterocycles. The number of benzene rings is 1. The number of rotatable bonds is 6. The van der Waals surface area contributed by atoms with Gasteiger partial charge in [0.2, 0.25) is 0 Å². The number of halogens is 21. The van der Waals surface area contributed by atoms with Gasteiger partial charge in [0.05, 0.1) is 0 Å². The molecule has 0 amide bonds. The Kier molecular flexibility index (Phi) is 7.17. The first-order chi connectivity index (χ1) is 15.3. The molecule has 0 atom stereocenters. The molecule has 0 aliphatic carbocycles. The topological polar surface area (TPSA) is 0 Å². The number of hydrogen-bond donors (Lipinski definition) is 0. The molecule has 0 spiro atoms. The van der Waals surface area contributed by atoms with Crippen molar-refractivity contribution in [1.29, 1.82) is 0 Å². The van der Waals surface area contributed by atoms with E-state index in [2.05, 4.69) is 0 Å². The molecule has 0 N–H and O–H groups in total. The van der Waals surface area contributed by atoms with Crippen molar-refractivity contribution in [3.63, 3.8) is 0 Å². The van der Waals surface area contributed by atoms with Crippen molar-refractivity contribution in [2.24, 2.45) is 0 Å². The molecule has 0 nitrogen and oxygen atoms in total. The maximum Gasteiger partial charge on any atom is 0.460 e. The summed E-state index contributed by atoms with van der Waals surface area (Å²) in [5, 5.41) is 0. The Bertz CT molecular complexity index is 901. The molecule has 36 heavy (non-hydrogen) atoms. The third kappa shape index (κ3) is 4.28. The van der Waals surface area contributed by atoms with Crippen molar-refractivity contribution in [2.45, 2.75) is 54.1 Å². The molecule has 0 bridgehead atoms. The Hall–Kier alpha value is -2.25. The molecule has 0 aliphatic heterocycles. The molecule has 0 fully saturated rings. The van der Waals surface area contributed by atoms with Crippen LogP contribution < -0.4 is 0 Å². The Morgan fingerprint density at radius 3 is 0.778 bits per heavy atom. The van der Waals surface area contributed by atoms with E-state index in [4.69, 9.17) is 0 Å². The molecule has 210 valence electrons. The maximum absolute atomic E-state index is 14.2. The smallest absolute Gasteiger partial charge is 0.194 e. The highest BCUT2D eigenvalue weighted by molar-refractivity contribution is 5.47. The second-order valence-electron chi connectivity index (χ2n) is 6.67. The highest BCUT2D eigenvalue weighted by Gasteiger charge is 2.81.